The van der Waals surface area contributed by atoms with Crippen molar-refractivity contribution in [2.45, 2.75) is 146 Å². The van der Waals surface area contributed by atoms with Gasteiger partial charge in [-0.1, -0.05) is 118 Å². The number of benzene rings is 5. The van der Waals surface area contributed by atoms with Crippen LogP contribution in [0.2, 0.25) is 0 Å². The highest BCUT2D eigenvalue weighted by atomic mass is 32.1. The van der Waals surface area contributed by atoms with E-state index in [0.717, 1.165) is 48.1 Å². The number of allylic oxidation sites excluding steroid dienone is 3. The molecule has 4 nitrogen and oxygen atoms in total. The van der Waals surface area contributed by atoms with E-state index < -0.39 is 0 Å². The monoisotopic (exact) mass is 885 g/mol. The number of rotatable bonds is 5. The molecule has 3 heterocycles. The molecule has 5 heteroatoms. The van der Waals surface area contributed by atoms with Crippen molar-refractivity contribution >= 4 is 53.1 Å². The van der Waals surface area contributed by atoms with E-state index in [1.165, 1.54) is 191 Å². The van der Waals surface area contributed by atoms with Crippen molar-refractivity contribution < 1.29 is 4.74 Å². The van der Waals surface area contributed by atoms with Gasteiger partial charge in [0.15, 0.2) is 5.82 Å². The lowest BCUT2D eigenvalue weighted by Gasteiger charge is -2.39. The van der Waals surface area contributed by atoms with Crippen LogP contribution >= 0.6 is 11.3 Å². The van der Waals surface area contributed by atoms with Crippen LogP contribution in [0, 0.1) is 29.6 Å². The molecule has 7 aromatic rings. The molecule has 1 saturated heterocycles. The molecule has 7 aliphatic rings. The number of thiophene rings is 1. The molecule has 334 valence electrons. The Kier molecular flexibility index (Phi) is 10.0. The highest BCUT2D eigenvalue weighted by Crippen LogP contribution is 2.54. The first kappa shape index (κ1) is 40.2. The van der Waals surface area contributed by atoms with Gasteiger partial charge in [0.25, 0.3) is 0 Å². The molecule has 7 unspecified atom stereocenters. The Balaban J connectivity index is 0.800. The lowest BCUT2D eigenvalue weighted by atomic mass is 9.65. The number of aromatic nitrogens is 3. The van der Waals surface area contributed by atoms with E-state index in [-0.39, 0.29) is 0 Å². The van der Waals surface area contributed by atoms with E-state index in [9.17, 15) is 0 Å². The molecule has 0 radical (unpaired) electrons. The van der Waals surface area contributed by atoms with Gasteiger partial charge in [0.2, 0.25) is 0 Å². The third-order valence-electron chi connectivity index (χ3n) is 18.2. The third-order valence-corrected chi connectivity index (χ3v) is 19.3. The van der Waals surface area contributed by atoms with Gasteiger partial charge >= 0.3 is 0 Å². The SMILES string of the molecule is C1=C2OC3CCC(C4CCCC(c5nc(-c6cccc7sc8cc(-c9cc%10c%11c(ccc%12cccc(c%12%11)CCC%10)c9)ccc8c67)nc(C6CCCCCC6)n5)C4)CC3C2=CC2CCCCC12. The second-order valence-electron chi connectivity index (χ2n) is 21.9. The quantitative estimate of drug-likeness (QED) is 0.128. The largest absolute Gasteiger partial charge is 0.490 e. The summed E-state index contributed by atoms with van der Waals surface area (Å²) in [4.78, 5) is 16.7. The first-order chi connectivity index (χ1) is 32.6. The molecule has 0 N–H and O–H groups in total. The van der Waals surface area contributed by atoms with Gasteiger partial charge < -0.3 is 4.74 Å². The summed E-state index contributed by atoms with van der Waals surface area (Å²) in [5.41, 5.74) is 8.39. The van der Waals surface area contributed by atoms with Gasteiger partial charge in [-0.15, -0.1) is 11.3 Å². The third kappa shape index (κ3) is 6.90. The number of aryl methyl sites for hydroxylation is 2. The summed E-state index contributed by atoms with van der Waals surface area (Å²) in [5.74, 6) is 8.67. The van der Waals surface area contributed by atoms with E-state index in [2.05, 4.69) is 91.0 Å². The number of hydrogen-bond acceptors (Lipinski definition) is 5. The summed E-state index contributed by atoms with van der Waals surface area (Å²) in [6.45, 7) is 0. The van der Waals surface area contributed by atoms with E-state index in [4.69, 9.17) is 19.7 Å². The fraction of sp³-hybridized carbons (Fsp3) is 0.459. The van der Waals surface area contributed by atoms with Crippen LogP contribution in [0.1, 0.15) is 150 Å². The zero-order valence-electron chi connectivity index (χ0n) is 38.6. The Bertz CT molecular complexity index is 3110. The Morgan fingerprint density at radius 1 is 0.515 bits per heavy atom. The molecule has 14 rings (SSSR count). The van der Waals surface area contributed by atoms with Crippen LogP contribution in [0.25, 0.3) is 64.2 Å². The summed E-state index contributed by atoms with van der Waals surface area (Å²) >= 11 is 1.92. The van der Waals surface area contributed by atoms with Crippen molar-refractivity contribution in [2.75, 3.05) is 0 Å². The predicted octanol–water partition coefficient (Wildman–Crippen LogP) is 16.5. The Hall–Kier alpha value is -4.87. The van der Waals surface area contributed by atoms with Gasteiger partial charge in [0.05, 0.1) is 0 Å². The zero-order chi connectivity index (χ0) is 43.3. The molecule has 0 amide bonds. The lowest BCUT2D eigenvalue weighted by Crippen LogP contribution is -2.33. The minimum atomic E-state index is 0.391. The molecule has 5 fully saturated rings. The zero-order valence-corrected chi connectivity index (χ0v) is 39.4. The first-order valence-electron chi connectivity index (χ1n) is 26.4. The normalized spacial score (nSPS) is 27.8. The molecule has 6 aliphatic carbocycles. The van der Waals surface area contributed by atoms with Crippen molar-refractivity contribution in [3.05, 3.63) is 125 Å². The standard InChI is InChI=1S/C61H63N3OS/c1-2-4-12-38(11-3-1)59-62-60(46-20-9-18-39(29-46)42-26-28-52-50(33-42)51-32-40-13-5-6-14-41(40)34-53(51)65-52)64-61(63-59)49-21-10-22-54-58(49)48-27-25-43(35-55(48)66-54)47-30-44-19-8-16-36-15-7-17-37-23-24-45(31-47)57(44)56(36)37/h7,10,15,17,21-25,27,30-32,34-35,38-42,46,50,52H,1-6,8-9,11-14,16,18-20,26,28-29,33H2. The number of hydrogen-bond donors (Lipinski definition) is 0. The first-order valence-corrected chi connectivity index (χ1v) is 27.3. The summed E-state index contributed by atoms with van der Waals surface area (Å²) in [5, 5.41) is 8.30. The van der Waals surface area contributed by atoms with Crippen molar-refractivity contribution in [1.82, 2.24) is 15.0 Å². The molecule has 1 aliphatic heterocycles. The maximum atomic E-state index is 6.76. The van der Waals surface area contributed by atoms with Crippen LogP contribution in [-0.4, -0.2) is 21.1 Å². The average Bonchev–Trinajstić information content (AvgIpc) is 3.68. The van der Waals surface area contributed by atoms with Crippen LogP contribution < -0.4 is 0 Å². The molecule has 2 aromatic heterocycles. The summed E-state index contributed by atoms with van der Waals surface area (Å²) < 4.78 is 9.41. The maximum absolute atomic E-state index is 6.76. The predicted molar refractivity (Wildman–Crippen MR) is 273 cm³/mol. The van der Waals surface area contributed by atoms with Gasteiger partial charge in [-0.25, -0.2) is 15.0 Å². The number of nitrogens with zero attached hydrogens (tertiary/aromatic N) is 3. The van der Waals surface area contributed by atoms with Crippen molar-refractivity contribution in [2.24, 2.45) is 29.6 Å². The minimum absolute atomic E-state index is 0.391. The maximum Gasteiger partial charge on any atom is 0.164 e. The molecular formula is C61H63N3OS. The van der Waals surface area contributed by atoms with Crippen LogP contribution in [0.3, 0.4) is 0 Å². The van der Waals surface area contributed by atoms with Crippen LogP contribution in [0.15, 0.2) is 102 Å². The number of fused-ring (bicyclic) bond motifs is 7. The average molecular weight is 886 g/mol. The number of ether oxygens (including phenoxy) is 1. The molecule has 4 saturated carbocycles. The van der Waals surface area contributed by atoms with Crippen molar-refractivity contribution in [3.63, 3.8) is 0 Å². The fourth-order valence-electron chi connectivity index (χ4n) is 14.8. The van der Waals surface area contributed by atoms with E-state index in [1.54, 1.807) is 5.57 Å². The van der Waals surface area contributed by atoms with Gasteiger partial charge in [0, 0.05) is 43.5 Å². The Morgan fingerprint density at radius 2 is 1.29 bits per heavy atom. The highest BCUT2D eigenvalue weighted by molar-refractivity contribution is 7.26. The second-order valence-corrected chi connectivity index (χ2v) is 23.0. The molecule has 0 bridgehead atoms. The highest BCUT2D eigenvalue weighted by Gasteiger charge is 2.46. The van der Waals surface area contributed by atoms with E-state index >= 15 is 0 Å². The fourth-order valence-corrected chi connectivity index (χ4v) is 16.0. The van der Waals surface area contributed by atoms with Crippen molar-refractivity contribution in [3.8, 4) is 22.5 Å². The van der Waals surface area contributed by atoms with Gasteiger partial charge in [-0.2, -0.15) is 0 Å². The summed E-state index contributed by atoms with van der Waals surface area (Å²) in [7, 11) is 0. The smallest absolute Gasteiger partial charge is 0.164 e. The summed E-state index contributed by atoms with van der Waals surface area (Å²) in [6, 6.07) is 30.6. The summed E-state index contributed by atoms with van der Waals surface area (Å²) in [6.07, 6.45) is 31.0. The van der Waals surface area contributed by atoms with Crippen LogP contribution in [0.5, 0.6) is 0 Å². The molecule has 0 spiro atoms. The minimum Gasteiger partial charge on any atom is -0.490 e. The lowest BCUT2D eigenvalue weighted by molar-refractivity contribution is 0.0554. The molecule has 66 heavy (non-hydrogen) atoms. The van der Waals surface area contributed by atoms with Gasteiger partial charge in [0.1, 0.15) is 23.5 Å². The van der Waals surface area contributed by atoms with Gasteiger partial charge in [-0.05, 0) is 174 Å². The Morgan fingerprint density at radius 3 is 2.20 bits per heavy atom. The van der Waals surface area contributed by atoms with E-state index in [1.807, 2.05) is 11.3 Å². The molecule has 5 aromatic carbocycles. The molecule has 7 atom stereocenters. The van der Waals surface area contributed by atoms with Crippen molar-refractivity contribution in [1.29, 1.82) is 0 Å². The van der Waals surface area contributed by atoms with Gasteiger partial charge in [-0.3, -0.25) is 0 Å². The Labute approximate surface area is 394 Å². The second kappa shape index (κ2) is 16.4. The van der Waals surface area contributed by atoms with Crippen LogP contribution in [-0.2, 0) is 17.6 Å². The topological polar surface area (TPSA) is 47.9 Å². The van der Waals surface area contributed by atoms with Crippen LogP contribution in [0.4, 0.5) is 0 Å². The molecular weight excluding hydrogens is 823 g/mol. The van der Waals surface area contributed by atoms with E-state index in [0.29, 0.717) is 29.8 Å².